The second kappa shape index (κ2) is 6.26. The van der Waals surface area contributed by atoms with Gasteiger partial charge in [0.2, 0.25) is 0 Å². The molecular formula is C12H22ClN3. The first-order valence-corrected chi connectivity index (χ1v) is 6.39. The topological polar surface area (TPSA) is 29.9 Å². The number of nitrogens with one attached hydrogen (secondary N) is 1. The predicted molar refractivity (Wildman–Crippen MR) is 68.7 cm³/mol. The molecule has 1 rings (SSSR count). The van der Waals surface area contributed by atoms with E-state index in [1.165, 1.54) is 5.56 Å². The van der Waals surface area contributed by atoms with Gasteiger partial charge in [0.25, 0.3) is 0 Å². The van der Waals surface area contributed by atoms with Crippen LogP contribution in [0, 0.1) is 5.41 Å². The molecule has 0 atom stereocenters. The maximum Gasteiger partial charge on any atom is 0.0534 e. The van der Waals surface area contributed by atoms with Crippen LogP contribution in [0.4, 0.5) is 0 Å². The lowest BCUT2D eigenvalue weighted by Crippen LogP contribution is -2.29. The summed E-state index contributed by atoms with van der Waals surface area (Å²) in [5, 5.41) is 7.69. The van der Waals surface area contributed by atoms with Crippen molar-refractivity contribution in [2.75, 3.05) is 12.4 Å². The Hall–Kier alpha value is -0.540. The fourth-order valence-corrected chi connectivity index (χ4v) is 2.07. The molecule has 0 radical (unpaired) electrons. The lowest BCUT2D eigenvalue weighted by atomic mass is 9.90. The quantitative estimate of drug-likeness (QED) is 0.747. The van der Waals surface area contributed by atoms with Gasteiger partial charge in [-0.25, -0.2) is 0 Å². The highest BCUT2D eigenvalue weighted by molar-refractivity contribution is 6.17. The van der Waals surface area contributed by atoms with E-state index in [0.717, 1.165) is 31.9 Å². The summed E-state index contributed by atoms with van der Waals surface area (Å²) in [7, 11) is 0. The molecule has 1 aromatic heterocycles. The number of rotatable bonds is 7. The first-order chi connectivity index (χ1) is 7.57. The molecule has 16 heavy (non-hydrogen) atoms. The zero-order valence-corrected chi connectivity index (χ0v) is 11.2. The van der Waals surface area contributed by atoms with E-state index in [1.807, 2.05) is 10.9 Å². The number of hydrogen-bond donors (Lipinski definition) is 1. The van der Waals surface area contributed by atoms with Crippen LogP contribution in [-0.4, -0.2) is 22.2 Å². The van der Waals surface area contributed by atoms with Gasteiger partial charge >= 0.3 is 0 Å². The number of nitrogens with zero attached hydrogens (tertiary/aromatic N) is 2. The molecule has 4 heteroatoms. The van der Waals surface area contributed by atoms with Crippen LogP contribution in [0.1, 0.15) is 32.8 Å². The lowest BCUT2D eigenvalue weighted by molar-refractivity contribution is 0.329. The summed E-state index contributed by atoms with van der Waals surface area (Å²) in [6.45, 7) is 9.35. The first kappa shape index (κ1) is 13.5. The van der Waals surface area contributed by atoms with E-state index in [4.69, 9.17) is 11.6 Å². The Morgan fingerprint density at radius 2 is 2.25 bits per heavy atom. The van der Waals surface area contributed by atoms with Crippen molar-refractivity contribution in [1.29, 1.82) is 0 Å². The summed E-state index contributed by atoms with van der Waals surface area (Å²) in [5.74, 6) is 0.725. The van der Waals surface area contributed by atoms with Gasteiger partial charge in [-0.2, -0.15) is 5.10 Å². The van der Waals surface area contributed by atoms with Crippen LogP contribution in [0.3, 0.4) is 0 Å². The van der Waals surface area contributed by atoms with Crippen LogP contribution in [0.25, 0.3) is 0 Å². The molecule has 0 saturated carbocycles. The van der Waals surface area contributed by atoms with E-state index in [2.05, 4.69) is 37.4 Å². The summed E-state index contributed by atoms with van der Waals surface area (Å²) < 4.78 is 1.95. The minimum Gasteiger partial charge on any atom is -0.312 e. The number of alkyl halides is 1. The van der Waals surface area contributed by atoms with Crippen LogP contribution in [0.5, 0.6) is 0 Å². The zero-order valence-electron chi connectivity index (χ0n) is 10.5. The molecule has 0 aliphatic rings. The monoisotopic (exact) mass is 243 g/mol. The van der Waals surface area contributed by atoms with E-state index < -0.39 is 0 Å². The summed E-state index contributed by atoms with van der Waals surface area (Å²) >= 11 is 5.76. The molecule has 0 fully saturated rings. The molecule has 0 saturated heterocycles. The van der Waals surface area contributed by atoms with Gasteiger partial charge in [-0.1, -0.05) is 13.8 Å². The van der Waals surface area contributed by atoms with Crippen LogP contribution in [-0.2, 0) is 13.1 Å². The second-order valence-corrected chi connectivity index (χ2v) is 5.29. The van der Waals surface area contributed by atoms with Crippen molar-refractivity contribution < 1.29 is 0 Å². The van der Waals surface area contributed by atoms with E-state index in [1.54, 1.807) is 0 Å². The minimum absolute atomic E-state index is 0.266. The standard InChI is InChI=1S/C12H22ClN3/c1-4-16-9-11(8-15-16)7-14-10-12(2,3)5-6-13/h8-9,14H,4-7,10H2,1-3H3. The van der Waals surface area contributed by atoms with E-state index in [9.17, 15) is 0 Å². The van der Waals surface area contributed by atoms with Crippen molar-refractivity contribution >= 4 is 11.6 Å². The molecule has 0 unspecified atom stereocenters. The smallest absolute Gasteiger partial charge is 0.0534 e. The minimum atomic E-state index is 0.266. The number of aryl methyl sites for hydroxylation is 1. The molecule has 1 N–H and O–H groups in total. The average Bonchev–Trinajstić information content (AvgIpc) is 2.65. The maximum absolute atomic E-state index is 5.76. The molecule has 92 valence electrons. The third kappa shape index (κ3) is 4.54. The van der Waals surface area contributed by atoms with Gasteiger partial charge in [-0.15, -0.1) is 11.6 Å². The average molecular weight is 244 g/mol. The Bertz CT molecular complexity index is 307. The molecule has 0 bridgehead atoms. The van der Waals surface area contributed by atoms with Gasteiger partial charge in [-0.05, 0) is 18.8 Å². The van der Waals surface area contributed by atoms with Crippen LogP contribution >= 0.6 is 11.6 Å². The van der Waals surface area contributed by atoms with Gasteiger partial charge in [0.1, 0.15) is 0 Å². The Balaban J connectivity index is 2.29. The molecule has 0 spiro atoms. The fraction of sp³-hybridized carbons (Fsp3) is 0.750. The number of hydrogen-bond acceptors (Lipinski definition) is 2. The van der Waals surface area contributed by atoms with Gasteiger partial charge < -0.3 is 5.32 Å². The molecular weight excluding hydrogens is 222 g/mol. The summed E-state index contributed by atoms with van der Waals surface area (Å²) in [5.41, 5.74) is 1.51. The van der Waals surface area contributed by atoms with Gasteiger partial charge in [0.15, 0.2) is 0 Å². The SMILES string of the molecule is CCn1cc(CNCC(C)(C)CCCl)cn1. The summed E-state index contributed by atoms with van der Waals surface area (Å²) in [6, 6.07) is 0. The van der Waals surface area contributed by atoms with Gasteiger partial charge in [-0.3, -0.25) is 4.68 Å². The van der Waals surface area contributed by atoms with Gasteiger partial charge in [0.05, 0.1) is 6.20 Å². The summed E-state index contributed by atoms with van der Waals surface area (Å²) in [6.07, 6.45) is 5.04. The molecule has 0 aliphatic carbocycles. The highest BCUT2D eigenvalue weighted by atomic mass is 35.5. The van der Waals surface area contributed by atoms with E-state index >= 15 is 0 Å². The molecule has 3 nitrogen and oxygen atoms in total. The zero-order chi connectivity index (χ0) is 12.0. The summed E-state index contributed by atoms with van der Waals surface area (Å²) in [4.78, 5) is 0. The molecule has 1 aromatic rings. The van der Waals surface area contributed by atoms with Crippen molar-refractivity contribution in [3.8, 4) is 0 Å². The van der Waals surface area contributed by atoms with Crippen molar-refractivity contribution in [2.24, 2.45) is 5.41 Å². The highest BCUT2D eigenvalue weighted by Crippen LogP contribution is 2.19. The molecule has 0 aromatic carbocycles. The second-order valence-electron chi connectivity index (χ2n) is 4.91. The molecule has 0 aliphatic heterocycles. The van der Waals surface area contributed by atoms with E-state index in [0.29, 0.717) is 0 Å². The van der Waals surface area contributed by atoms with Crippen molar-refractivity contribution in [3.05, 3.63) is 18.0 Å². The van der Waals surface area contributed by atoms with Crippen LogP contribution in [0.15, 0.2) is 12.4 Å². The van der Waals surface area contributed by atoms with Crippen molar-refractivity contribution in [2.45, 2.75) is 40.3 Å². The Labute approximate surface area is 103 Å². The lowest BCUT2D eigenvalue weighted by Gasteiger charge is -2.23. The van der Waals surface area contributed by atoms with Crippen molar-refractivity contribution in [3.63, 3.8) is 0 Å². The highest BCUT2D eigenvalue weighted by Gasteiger charge is 2.16. The van der Waals surface area contributed by atoms with E-state index in [-0.39, 0.29) is 5.41 Å². The van der Waals surface area contributed by atoms with Gasteiger partial charge in [0, 0.05) is 37.3 Å². The molecule has 1 heterocycles. The Kier molecular flexibility index (Phi) is 5.29. The Morgan fingerprint density at radius 3 is 2.81 bits per heavy atom. The third-order valence-electron chi connectivity index (χ3n) is 2.71. The fourth-order valence-electron chi connectivity index (χ4n) is 1.56. The van der Waals surface area contributed by atoms with Crippen LogP contribution in [0.2, 0.25) is 0 Å². The van der Waals surface area contributed by atoms with Crippen LogP contribution < -0.4 is 5.32 Å². The Morgan fingerprint density at radius 1 is 1.50 bits per heavy atom. The largest absolute Gasteiger partial charge is 0.312 e. The normalized spacial score (nSPS) is 12.0. The predicted octanol–water partition coefficient (Wildman–Crippen LogP) is 2.65. The first-order valence-electron chi connectivity index (χ1n) is 5.85. The number of halogens is 1. The van der Waals surface area contributed by atoms with Crippen molar-refractivity contribution in [1.82, 2.24) is 15.1 Å². The molecule has 0 amide bonds. The maximum atomic E-state index is 5.76. The third-order valence-corrected chi connectivity index (χ3v) is 2.90. The number of aromatic nitrogens is 2.